The zero-order chi connectivity index (χ0) is 13.2. The molecule has 1 aliphatic heterocycles. The first-order valence-corrected chi connectivity index (χ1v) is 8.05. The van der Waals surface area contributed by atoms with Crippen molar-refractivity contribution in [1.29, 1.82) is 0 Å². The third kappa shape index (κ3) is 2.46. The van der Waals surface area contributed by atoms with E-state index in [0.717, 1.165) is 12.5 Å². The number of nitrogens with two attached hydrogens (primary N) is 1. The predicted molar refractivity (Wildman–Crippen MR) is 78.6 cm³/mol. The highest BCUT2D eigenvalue weighted by atomic mass is 15.2. The van der Waals surface area contributed by atoms with Crippen LogP contribution in [-0.4, -0.2) is 30.1 Å². The van der Waals surface area contributed by atoms with Crippen LogP contribution < -0.4 is 5.73 Å². The van der Waals surface area contributed by atoms with Gasteiger partial charge < -0.3 is 5.73 Å². The van der Waals surface area contributed by atoms with E-state index >= 15 is 0 Å². The maximum absolute atomic E-state index is 6.19. The van der Waals surface area contributed by atoms with Crippen molar-refractivity contribution in [1.82, 2.24) is 4.90 Å². The maximum atomic E-state index is 6.19. The summed E-state index contributed by atoms with van der Waals surface area (Å²) in [6.45, 7) is 10.6. The molecule has 18 heavy (non-hydrogen) atoms. The summed E-state index contributed by atoms with van der Waals surface area (Å²) in [5.74, 6) is 0.911. The van der Waals surface area contributed by atoms with Crippen molar-refractivity contribution in [2.24, 2.45) is 17.1 Å². The Morgan fingerprint density at radius 2 is 1.72 bits per heavy atom. The molecule has 2 heteroatoms. The monoisotopic (exact) mass is 252 g/mol. The Hall–Kier alpha value is -0.0800. The van der Waals surface area contributed by atoms with E-state index in [1.807, 2.05) is 0 Å². The van der Waals surface area contributed by atoms with Crippen LogP contribution in [0.3, 0.4) is 0 Å². The van der Waals surface area contributed by atoms with Gasteiger partial charge in [-0.3, -0.25) is 4.90 Å². The molecule has 2 rings (SSSR count). The minimum absolute atomic E-state index is 0.346. The highest BCUT2D eigenvalue weighted by molar-refractivity contribution is 5.01. The zero-order valence-electron chi connectivity index (χ0n) is 12.7. The van der Waals surface area contributed by atoms with Gasteiger partial charge in [-0.25, -0.2) is 0 Å². The maximum Gasteiger partial charge on any atom is 0.0332 e. The van der Waals surface area contributed by atoms with Crippen LogP contribution in [0.1, 0.15) is 65.7 Å². The minimum Gasteiger partial charge on any atom is -0.329 e. The average Bonchev–Trinajstić information content (AvgIpc) is 2.86. The van der Waals surface area contributed by atoms with Crippen LogP contribution in [0.5, 0.6) is 0 Å². The normalized spacial score (nSPS) is 37.0. The van der Waals surface area contributed by atoms with Crippen LogP contribution in [0, 0.1) is 11.3 Å². The van der Waals surface area contributed by atoms with E-state index in [2.05, 4.69) is 25.7 Å². The van der Waals surface area contributed by atoms with E-state index in [-0.39, 0.29) is 0 Å². The molecule has 0 aromatic rings. The summed E-state index contributed by atoms with van der Waals surface area (Å²) < 4.78 is 0. The van der Waals surface area contributed by atoms with Gasteiger partial charge in [0.2, 0.25) is 0 Å². The molecule has 1 heterocycles. The fourth-order valence-corrected chi connectivity index (χ4v) is 4.12. The van der Waals surface area contributed by atoms with Crippen molar-refractivity contribution >= 4 is 0 Å². The fourth-order valence-electron chi connectivity index (χ4n) is 4.12. The van der Waals surface area contributed by atoms with Crippen LogP contribution in [0.25, 0.3) is 0 Å². The molecule has 2 fully saturated rings. The van der Waals surface area contributed by atoms with Crippen LogP contribution in [-0.2, 0) is 0 Å². The number of hydrogen-bond donors (Lipinski definition) is 1. The van der Waals surface area contributed by atoms with Gasteiger partial charge in [0.05, 0.1) is 0 Å². The van der Waals surface area contributed by atoms with Crippen molar-refractivity contribution < 1.29 is 0 Å². The van der Waals surface area contributed by atoms with E-state index in [0.29, 0.717) is 11.0 Å². The summed E-state index contributed by atoms with van der Waals surface area (Å²) >= 11 is 0. The second-order valence-electron chi connectivity index (χ2n) is 6.99. The zero-order valence-corrected chi connectivity index (χ0v) is 12.7. The average molecular weight is 252 g/mol. The second kappa shape index (κ2) is 5.50. The molecule has 1 saturated carbocycles. The molecule has 106 valence electrons. The smallest absolute Gasteiger partial charge is 0.0332 e. The molecule has 0 spiro atoms. The van der Waals surface area contributed by atoms with Gasteiger partial charge in [-0.2, -0.15) is 0 Å². The molecule has 1 saturated heterocycles. The Morgan fingerprint density at radius 1 is 1.11 bits per heavy atom. The van der Waals surface area contributed by atoms with Gasteiger partial charge >= 0.3 is 0 Å². The molecule has 0 unspecified atom stereocenters. The molecule has 0 bridgehead atoms. The number of likely N-dealkylation sites (tertiary alicyclic amines) is 1. The highest BCUT2D eigenvalue weighted by Gasteiger charge is 2.45. The van der Waals surface area contributed by atoms with Gasteiger partial charge in [0.1, 0.15) is 0 Å². The van der Waals surface area contributed by atoms with E-state index in [9.17, 15) is 0 Å². The standard InChI is InChI=1S/C16H32N2/c1-4-15(5-2)10-11-18(13-15)16(12-17)8-6-14(3)7-9-16/h14H,4-13,17H2,1-3H3. The van der Waals surface area contributed by atoms with Crippen molar-refractivity contribution in [2.75, 3.05) is 19.6 Å². The lowest BCUT2D eigenvalue weighted by molar-refractivity contribution is 0.0534. The molecule has 0 atom stereocenters. The van der Waals surface area contributed by atoms with Gasteiger partial charge in [0.15, 0.2) is 0 Å². The summed E-state index contributed by atoms with van der Waals surface area (Å²) in [5.41, 5.74) is 7.13. The van der Waals surface area contributed by atoms with Gasteiger partial charge in [0.25, 0.3) is 0 Å². The summed E-state index contributed by atoms with van der Waals surface area (Å²) in [6.07, 6.45) is 9.45. The van der Waals surface area contributed by atoms with Crippen LogP contribution >= 0.6 is 0 Å². The molecular weight excluding hydrogens is 220 g/mol. The van der Waals surface area contributed by atoms with Gasteiger partial charge in [-0.1, -0.05) is 20.8 Å². The molecule has 1 aliphatic carbocycles. The molecule has 2 nitrogen and oxygen atoms in total. The molecule has 0 radical (unpaired) electrons. The predicted octanol–water partition coefficient (Wildman–Crippen LogP) is 3.41. The van der Waals surface area contributed by atoms with E-state index in [4.69, 9.17) is 5.73 Å². The SMILES string of the molecule is CCC1(CC)CCN(C2(CN)CCC(C)CC2)C1. The van der Waals surface area contributed by atoms with Crippen molar-refractivity contribution in [2.45, 2.75) is 71.3 Å². The Morgan fingerprint density at radius 3 is 2.17 bits per heavy atom. The molecule has 0 amide bonds. The Bertz CT molecular complexity index is 262. The molecule has 2 aliphatic rings. The minimum atomic E-state index is 0.346. The Labute approximate surface area is 113 Å². The van der Waals surface area contributed by atoms with E-state index < -0.39 is 0 Å². The van der Waals surface area contributed by atoms with Crippen LogP contribution in [0.15, 0.2) is 0 Å². The van der Waals surface area contributed by atoms with E-state index in [1.165, 1.54) is 58.0 Å². The molecule has 0 aromatic carbocycles. The number of hydrogen-bond acceptors (Lipinski definition) is 2. The first kappa shape index (κ1) is 14.3. The fraction of sp³-hybridized carbons (Fsp3) is 1.00. The van der Waals surface area contributed by atoms with Crippen molar-refractivity contribution in [3.05, 3.63) is 0 Å². The summed E-state index contributed by atoms with van der Waals surface area (Å²) in [4.78, 5) is 2.77. The molecule has 0 aromatic heterocycles. The Kier molecular flexibility index (Phi) is 4.38. The molecular formula is C16H32N2. The van der Waals surface area contributed by atoms with Gasteiger partial charge in [0, 0.05) is 18.6 Å². The van der Waals surface area contributed by atoms with Crippen LogP contribution in [0.2, 0.25) is 0 Å². The molecule has 2 N–H and O–H groups in total. The first-order chi connectivity index (χ1) is 8.60. The quantitative estimate of drug-likeness (QED) is 0.831. The first-order valence-electron chi connectivity index (χ1n) is 8.05. The lowest BCUT2D eigenvalue weighted by atomic mass is 9.75. The van der Waals surface area contributed by atoms with Crippen molar-refractivity contribution in [3.63, 3.8) is 0 Å². The van der Waals surface area contributed by atoms with Crippen molar-refractivity contribution in [3.8, 4) is 0 Å². The van der Waals surface area contributed by atoms with Crippen LogP contribution in [0.4, 0.5) is 0 Å². The van der Waals surface area contributed by atoms with Gasteiger partial charge in [-0.15, -0.1) is 0 Å². The number of nitrogens with zero attached hydrogens (tertiary/aromatic N) is 1. The van der Waals surface area contributed by atoms with Gasteiger partial charge in [-0.05, 0) is 62.8 Å². The van der Waals surface area contributed by atoms with E-state index in [1.54, 1.807) is 0 Å². The summed E-state index contributed by atoms with van der Waals surface area (Å²) in [7, 11) is 0. The second-order valence-corrected chi connectivity index (χ2v) is 6.99. The third-order valence-electron chi connectivity index (χ3n) is 6.19. The summed E-state index contributed by atoms with van der Waals surface area (Å²) in [5, 5.41) is 0. The summed E-state index contributed by atoms with van der Waals surface area (Å²) in [6, 6.07) is 0. The number of rotatable bonds is 4. The highest BCUT2D eigenvalue weighted by Crippen LogP contribution is 2.44. The largest absolute Gasteiger partial charge is 0.329 e. The third-order valence-corrected chi connectivity index (χ3v) is 6.19. The Balaban J connectivity index is 2.06. The topological polar surface area (TPSA) is 29.3 Å². The lowest BCUT2D eigenvalue weighted by Crippen LogP contribution is -2.55. The lowest BCUT2D eigenvalue weighted by Gasteiger charge is -2.46.